The lowest BCUT2D eigenvalue weighted by atomic mass is 9.93. The summed E-state index contributed by atoms with van der Waals surface area (Å²) in [4.78, 5) is 37.8. The molecular weight excluding hydrogens is 356 g/mol. The Hall–Kier alpha value is -2.22. The summed E-state index contributed by atoms with van der Waals surface area (Å²) in [5, 5.41) is 6.02. The van der Waals surface area contributed by atoms with Crippen molar-refractivity contribution in [1.29, 1.82) is 0 Å². The van der Waals surface area contributed by atoms with Crippen LogP contribution in [0.4, 0.5) is 5.95 Å². The van der Waals surface area contributed by atoms with Crippen LogP contribution in [-0.4, -0.2) is 76.9 Å². The summed E-state index contributed by atoms with van der Waals surface area (Å²) >= 11 is 0. The zero-order valence-electron chi connectivity index (χ0n) is 16.6. The van der Waals surface area contributed by atoms with Crippen molar-refractivity contribution in [2.75, 3.05) is 38.5 Å². The molecule has 0 aromatic carbocycles. The van der Waals surface area contributed by atoms with Crippen LogP contribution in [-0.2, 0) is 4.79 Å². The molecule has 2 aliphatic heterocycles. The average Bonchev–Trinajstić information content (AvgIpc) is 3.57. The molecule has 1 unspecified atom stereocenters. The highest BCUT2D eigenvalue weighted by molar-refractivity contribution is 5.93. The van der Waals surface area contributed by atoms with Crippen molar-refractivity contribution >= 4 is 17.8 Å². The van der Waals surface area contributed by atoms with E-state index in [2.05, 4.69) is 25.5 Å². The molecule has 2 N–H and O–H groups in total. The molecule has 3 heterocycles. The van der Waals surface area contributed by atoms with Gasteiger partial charge in [0.25, 0.3) is 5.91 Å². The second-order valence-corrected chi connectivity index (χ2v) is 8.19. The fourth-order valence-corrected chi connectivity index (χ4v) is 4.28. The number of amides is 2. The molecule has 3 aliphatic rings. The van der Waals surface area contributed by atoms with Crippen LogP contribution in [0.3, 0.4) is 0 Å². The Morgan fingerprint density at radius 3 is 2.39 bits per heavy atom. The van der Waals surface area contributed by atoms with E-state index in [0.717, 1.165) is 64.7 Å². The highest BCUT2D eigenvalue weighted by Crippen LogP contribution is 2.26. The Balaban J connectivity index is 1.28. The number of nitrogens with one attached hydrogen (secondary N) is 2. The summed E-state index contributed by atoms with van der Waals surface area (Å²) in [6.07, 6.45) is 9.43. The summed E-state index contributed by atoms with van der Waals surface area (Å²) in [7, 11) is 1.75. The monoisotopic (exact) mass is 386 g/mol. The Labute approximate surface area is 166 Å². The SMILES string of the molecule is CNc1ncc(C(=O)N2CCC(N3CCCC(C(=O)NC4CC4)C3)CC2)cn1. The van der Waals surface area contributed by atoms with E-state index in [1.165, 1.54) is 0 Å². The molecule has 152 valence electrons. The molecule has 28 heavy (non-hydrogen) atoms. The Bertz CT molecular complexity index is 697. The summed E-state index contributed by atoms with van der Waals surface area (Å²) < 4.78 is 0. The number of carbonyl (C=O) groups is 2. The number of hydrogen-bond acceptors (Lipinski definition) is 6. The zero-order valence-corrected chi connectivity index (χ0v) is 16.6. The number of aromatic nitrogens is 2. The van der Waals surface area contributed by atoms with Crippen LogP contribution < -0.4 is 10.6 Å². The van der Waals surface area contributed by atoms with Gasteiger partial charge in [0.15, 0.2) is 0 Å². The molecule has 8 nitrogen and oxygen atoms in total. The van der Waals surface area contributed by atoms with Gasteiger partial charge in [0.1, 0.15) is 0 Å². The van der Waals surface area contributed by atoms with Crippen LogP contribution in [0.15, 0.2) is 12.4 Å². The lowest BCUT2D eigenvalue weighted by Crippen LogP contribution is -2.51. The standard InChI is InChI=1S/C20H30N6O2/c1-21-20-22-11-15(12-23-20)19(28)25-9-6-17(7-10-25)26-8-2-3-14(13-26)18(27)24-16-4-5-16/h11-12,14,16-17H,2-10,13H2,1H3,(H,24,27)(H,21,22,23). The molecule has 2 amide bonds. The molecular formula is C20H30N6O2. The molecule has 8 heteroatoms. The van der Waals surface area contributed by atoms with Crippen molar-refractivity contribution in [1.82, 2.24) is 25.1 Å². The van der Waals surface area contributed by atoms with Crippen LogP contribution in [0.25, 0.3) is 0 Å². The number of rotatable bonds is 5. The fraction of sp³-hybridized carbons (Fsp3) is 0.700. The largest absolute Gasteiger partial charge is 0.357 e. The third-order valence-electron chi connectivity index (χ3n) is 6.14. The summed E-state index contributed by atoms with van der Waals surface area (Å²) in [5.74, 6) is 0.878. The first kappa shape index (κ1) is 19.1. The van der Waals surface area contributed by atoms with Crippen molar-refractivity contribution in [3.63, 3.8) is 0 Å². The van der Waals surface area contributed by atoms with Gasteiger partial charge < -0.3 is 15.5 Å². The number of carbonyl (C=O) groups excluding carboxylic acids is 2. The smallest absolute Gasteiger partial charge is 0.256 e. The summed E-state index contributed by atoms with van der Waals surface area (Å²) in [6.45, 7) is 3.40. The molecule has 1 saturated carbocycles. The summed E-state index contributed by atoms with van der Waals surface area (Å²) in [5.41, 5.74) is 0.534. The van der Waals surface area contributed by atoms with Gasteiger partial charge in [-0.25, -0.2) is 9.97 Å². The highest BCUT2D eigenvalue weighted by Gasteiger charge is 2.34. The van der Waals surface area contributed by atoms with Gasteiger partial charge in [-0.15, -0.1) is 0 Å². The van der Waals surface area contributed by atoms with Crippen molar-refractivity contribution in [3.05, 3.63) is 18.0 Å². The molecule has 0 bridgehead atoms. The molecule has 1 aliphatic carbocycles. The van der Waals surface area contributed by atoms with Crippen LogP contribution in [0, 0.1) is 5.92 Å². The van der Waals surface area contributed by atoms with Crippen LogP contribution >= 0.6 is 0 Å². The van der Waals surface area contributed by atoms with E-state index in [1.807, 2.05) is 4.90 Å². The first-order chi connectivity index (χ1) is 13.6. The minimum atomic E-state index is 0.00133. The molecule has 2 saturated heterocycles. The maximum atomic E-state index is 12.7. The second kappa shape index (κ2) is 8.43. The number of piperidine rings is 2. The average molecular weight is 387 g/mol. The topological polar surface area (TPSA) is 90.5 Å². The van der Waals surface area contributed by atoms with Crippen molar-refractivity contribution in [2.24, 2.45) is 5.92 Å². The van der Waals surface area contributed by atoms with E-state index in [-0.39, 0.29) is 17.7 Å². The van der Waals surface area contributed by atoms with Crippen molar-refractivity contribution in [2.45, 2.75) is 50.6 Å². The molecule has 3 fully saturated rings. The summed E-state index contributed by atoms with van der Waals surface area (Å²) in [6, 6.07) is 0.895. The van der Waals surface area contributed by atoms with E-state index in [0.29, 0.717) is 23.6 Å². The van der Waals surface area contributed by atoms with E-state index in [9.17, 15) is 9.59 Å². The Morgan fingerprint density at radius 1 is 1.04 bits per heavy atom. The normalized spacial score (nSPS) is 24.0. The second-order valence-electron chi connectivity index (χ2n) is 8.19. The number of anilines is 1. The van der Waals surface area contributed by atoms with Crippen molar-refractivity contribution < 1.29 is 9.59 Å². The van der Waals surface area contributed by atoms with Gasteiger partial charge in [0.2, 0.25) is 11.9 Å². The van der Waals surface area contributed by atoms with E-state index >= 15 is 0 Å². The predicted octanol–water partition coefficient (Wildman–Crippen LogP) is 1.11. The molecule has 1 aromatic rings. The molecule has 1 aromatic heterocycles. The lowest BCUT2D eigenvalue weighted by Gasteiger charge is -2.42. The Morgan fingerprint density at radius 2 is 1.75 bits per heavy atom. The number of likely N-dealkylation sites (tertiary alicyclic amines) is 2. The molecule has 0 radical (unpaired) electrons. The molecule has 1 atom stereocenters. The minimum Gasteiger partial charge on any atom is -0.357 e. The third-order valence-corrected chi connectivity index (χ3v) is 6.14. The van der Waals surface area contributed by atoms with Crippen LogP contribution in [0.1, 0.15) is 48.9 Å². The zero-order chi connectivity index (χ0) is 19.5. The van der Waals surface area contributed by atoms with Gasteiger partial charge in [-0.2, -0.15) is 0 Å². The third kappa shape index (κ3) is 4.43. The maximum Gasteiger partial charge on any atom is 0.256 e. The van der Waals surface area contributed by atoms with Gasteiger partial charge in [-0.05, 0) is 45.1 Å². The predicted molar refractivity (Wildman–Crippen MR) is 106 cm³/mol. The first-order valence-electron chi connectivity index (χ1n) is 10.5. The van der Waals surface area contributed by atoms with Gasteiger partial charge in [-0.3, -0.25) is 14.5 Å². The van der Waals surface area contributed by atoms with Crippen molar-refractivity contribution in [3.8, 4) is 0 Å². The number of nitrogens with zero attached hydrogens (tertiary/aromatic N) is 4. The lowest BCUT2D eigenvalue weighted by molar-refractivity contribution is -0.127. The van der Waals surface area contributed by atoms with E-state index in [4.69, 9.17) is 0 Å². The number of hydrogen-bond donors (Lipinski definition) is 2. The maximum absolute atomic E-state index is 12.7. The van der Waals surface area contributed by atoms with Crippen LogP contribution in [0.5, 0.6) is 0 Å². The fourth-order valence-electron chi connectivity index (χ4n) is 4.28. The van der Waals surface area contributed by atoms with Gasteiger partial charge >= 0.3 is 0 Å². The minimum absolute atomic E-state index is 0.00133. The van der Waals surface area contributed by atoms with E-state index < -0.39 is 0 Å². The first-order valence-corrected chi connectivity index (χ1v) is 10.5. The van der Waals surface area contributed by atoms with E-state index in [1.54, 1.807) is 19.4 Å². The quantitative estimate of drug-likeness (QED) is 0.788. The van der Waals surface area contributed by atoms with Gasteiger partial charge in [0, 0.05) is 51.2 Å². The molecule has 4 rings (SSSR count). The highest BCUT2D eigenvalue weighted by atomic mass is 16.2. The Kier molecular flexibility index (Phi) is 5.75. The van der Waals surface area contributed by atoms with Crippen LogP contribution in [0.2, 0.25) is 0 Å². The van der Waals surface area contributed by atoms with Gasteiger partial charge in [-0.1, -0.05) is 0 Å². The molecule has 0 spiro atoms. The van der Waals surface area contributed by atoms with Gasteiger partial charge in [0.05, 0.1) is 11.5 Å².